The van der Waals surface area contributed by atoms with E-state index in [2.05, 4.69) is 19.2 Å². The van der Waals surface area contributed by atoms with E-state index >= 15 is 0 Å². The van der Waals surface area contributed by atoms with E-state index in [9.17, 15) is 14.0 Å². The smallest absolute Gasteiger partial charge is 0.257 e. The van der Waals surface area contributed by atoms with Crippen molar-refractivity contribution in [2.45, 2.75) is 33.6 Å². The predicted octanol–water partition coefficient (Wildman–Crippen LogP) is 5.12. The van der Waals surface area contributed by atoms with Gasteiger partial charge in [-0.05, 0) is 42.2 Å². The maximum Gasteiger partial charge on any atom is 0.257 e. The highest BCUT2D eigenvalue weighted by Crippen LogP contribution is 2.29. The fourth-order valence-electron chi connectivity index (χ4n) is 3.17. The van der Waals surface area contributed by atoms with Gasteiger partial charge in [-0.3, -0.25) is 14.2 Å². The minimum Gasteiger partial charge on any atom is -0.321 e. The van der Waals surface area contributed by atoms with Crippen LogP contribution in [-0.2, 0) is 0 Å². The molecule has 0 saturated heterocycles. The monoisotopic (exact) mass is 352 g/mol. The van der Waals surface area contributed by atoms with Crippen LogP contribution in [0.2, 0.25) is 0 Å². The van der Waals surface area contributed by atoms with Crippen molar-refractivity contribution in [1.29, 1.82) is 0 Å². The van der Waals surface area contributed by atoms with E-state index in [0.29, 0.717) is 10.9 Å². The number of aryl methyl sites for hydroxylation is 1. The fraction of sp³-hybridized carbons (Fsp3) is 0.238. The van der Waals surface area contributed by atoms with Crippen LogP contribution in [0.15, 0.2) is 42.6 Å². The number of hydrogen-bond donors (Lipinski definition) is 1. The fourth-order valence-corrected chi connectivity index (χ4v) is 3.17. The van der Waals surface area contributed by atoms with Gasteiger partial charge in [-0.1, -0.05) is 32.0 Å². The predicted molar refractivity (Wildman–Crippen MR) is 101 cm³/mol. The average molecular weight is 352 g/mol. The Balaban J connectivity index is 2.10. The molecule has 3 rings (SSSR count). The van der Waals surface area contributed by atoms with Gasteiger partial charge in [0.25, 0.3) is 5.91 Å². The topological polar surface area (TPSA) is 51.1 Å². The SMILES string of the molecule is CC(=O)n1cc(C(=O)Nc2c(C)cccc2C(C)C)c2cc(F)ccc21. The Morgan fingerprint density at radius 1 is 1.15 bits per heavy atom. The second-order valence-electron chi connectivity index (χ2n) is 6.74. The van der Waals surface area contributed by atoms with Crippen molar-refractivity contribution in [3.05, 3.63) is 65.1 Å². The molecule has 0 aliphatic rings. The molecule has 3 aromatic rings. The molecule has 0 aliphatic carbocycles. The van der Waals surface area contributed by atoms with Gasteiger partial charge in [0, 0.05) is 24.2 Å². The molecule has 1 N–H and O–H groups in total. The molecule has 0 saturated carbocycles. The van der Waals surface area contributed by atoms with Crippen LogP contribution in [0.4, 0.5) is 10.1 Å². The van der Waals surface area contributed by atoms with E-state index in [0.717, 1.165) is 16.8 Å². The molecule has 4 nitrogen and oxygen atoms in total. The lowest BCUT2D eigenvalue weighted by Crippen LogP contribution is -2.15. The molecule has 0 aliphatic heterocycles. The number of nitrogens with zero attached hydrogens (tertiary/aromatic N) is 1. The molecular formula is C21H21FN2O2. The maximum absolute atomic E-state index is 13.7. The number of rotatable bonds is 3. The zero-order chi connectivity index (χ0) is 19.0. The van der Waals surface area contributed by atoms with Gasteiger partial charge in [0.1, 0.15) is 5.82 Å². The zero-order valence-corrected chi connectivity index (χ0v) is 15.3. The van der Waals surface area contributed by atoms with E-state index < -0.39 is 5.82 Å². The van der Waals surface area contributed by atoms with Gasteiger partial charge in [0.05, 0.1) is 11.1 Å². The molecule has 0 fully saturated rings. The quantitative estimate of drug-likeness (QED) is 0.711. The summed E-state index contributed by atoms with van der Waals surface area (Å²) in [6, 6.07) is 9.94. The van der Waals surface area contributed by atoms with Gasteiger partial charge in [-0.25, -0.2) is 4.39 Å². The molecule has 1 amide bonds. The lowest BCUT2D eigenvalue weighted by atomic mass is 9.98. The number of amides is 1. The standard InChI is InChI=1S/C21H21FN2O2/c1-12(2)16-7-5-6-13(3)20(16)23-21(26)18-11-24(14(4)25)19-9-8-15(22)10-17(18)19/h5-12H,1-4H3,(H,23,26). The number of benzene rings is 2. The first kappa shape index (κ1) is 17.9. The van der Waals surface area contributed by atoms with Crippen LogP contribution >= 0.6 is 0 Å². The van der Waals surface area contributed by atoms with Crippen LogP contribution < -0.4 is 5.32 Å². The molecule has 0 unspecified atom stereocenters. The van der Waals surface area contributed by atoms with Crippen molar-refractivity contribution in [2.24, 2.45) is 0 Å². The molecule has 1 aromatic heterocycles. The molecule has 2 aromatic carbocycles. The highest BCUT2D eigenvalue weighted by molar-refractivity contribution is 6.14. The average Bonchev–Trinajstić information content (AvgIpc) is 2.95. The Hall–Kier alpha value is -2.95. The molecule has 0 radical (unpaired) electrons. The number of carbonyl (C=O) groups excluding carboxylic acids is 2. The largest absolute Gasteiger partial charge is 0.321 e. The molecule has 5 heteroatoms. The molecule has 134 valence electrons. The van der Waals surface area contributed by atoms with E-state index in [1.165, 1.54) is 35.9 Å². The molecule has 0 atom stereocenters. The van der Waals surface area contributed by atoms with E-state index in [1.54, 1.807) is 0 Å². The third kappa shape index (κ3) is 3.12. The number of carbonyl (C=O) groups is 2. The first-order valence-electron chi connectivity index (χ1n) is 8.52. The summed E-state index contributed by atoms with van der Waals surface area (Å²) in [6.07, 6.45) is 1.47. The Kier molecular flexibility index (Phi) is 4.64. The summed E-state index contributed by atoms with van der Waals surface area (Å²) in [5.74, 6) is -0.816. The normalized spacial score (nSPS) is 11.2. The van der Waals surface area contributed by atoms with Gasteiger partial charge < -0.3 is 5.32 Å². The van der Waals surface area contributed by atoms with Crippen LogP contribution in [0.3, 0.4) is 0 Å². The van der Waals surface area contributed by atoms with E-state index in [1.807, 2.05) is 25.1 Å². The second-order valence-corrected chi connectivity index (χ2v) is 6.74. The summed E-state index contributed by atoms with van der Waals surface area (Å²) in [4.78, 5) is 24.8. The molecule has 26 heavy (non-hydrogen) atoms. The van der Waals surface area contributed by atoms with E-state index in [4.69, 9.17) is 0 Å². The number of anilines is 1. The van der Waals surface area contributed by atoms with Crippen molar-refractivity contribution in [3.8, 4) is 0 Å². The van der Waals surface area contributed by atoms with Crippen LogP contribution in [0.1, 0.15) is 53.0 Å². The number of nitrogens with one attached hydrogen (secondary N) is 1. The van der Waals surface area contributed by atoms with Crippen molar-refractivity contribution in [1.82, 2.24) is 4.57 Å². The molecular weight excluding hydrogens is 331 g/mol. The molecule has 0 spiro atoms. The number of fused-ring (bicyclic) bond motifs is 1. The van der Waals surface area contributed by atoms with Crippen molar-refractivity contribution < 1.29 is 14.0 Å². The Morgan fingerprint density at radius 3 is 2.54 bits per heavy atom. The first-order valence-corrected chi connectivity index (χ1v) is 8.52. The van der Waals surface area contributed by atoms with Gasteiger partial charge in [0.15, 0.2) is 0 Å². The summed E-state index contributed by atoms with van der Waals surface area (Å²) < 4.78 is 15.1. The maximum atomic E-state index is 13.7. The highest BCUT2D eigenvalue weighted by Gasteiger charge is 2.19. The van der Waals surface area contributed by atoms with E-state index in [-0.39, 0.29) is 23.3 Å². The second kappa shape index (κ2) is 6.75. The zero-order valence-electron chi connectivity index (χ0n) is 15.3. The number of para-hydroxylation sites is 1. The molecule has 0 bridgehead atoms. The third-order valence-electron chi connectivity index (χ3n) is 4.52. The van der Waals surface area contributed by atoms with Gasteiger partial charge >= 0.3 is 0 Å². The summed E-state index contributed by atoms with van der Waals surface area (Å²) in [5.41, 5.74) is 3.52. The Labute approximate surface area is 151 Å². The summed E-state index contributed by atoms with van der Waals surface area (Å²) >= 11 is 0. The van der Waals surface area contributed by atoms with Gasteiger partial charge in [-0.2, -0.15) is 0 Å². The van der Waals surface area contributed by atoms with Crippen LogP contribution in [0.25, 0.3) is 10.9 Å². The van der Waals surface area contributed by atoms with Crippen LogP contribution in [0.5, 0.6) is 0 Å². The first-order chi connectivity index (χ1) is 12.3. The highest BCUT2D eigenvalue weighted by atomic mass is 19.1. The summed E-state index contributed by atoms with van der Waals surface area (Å²) in [6.45, 7) is 7.45. The number of aromatic nitrogens is 1. The summed E-state index contributed by atoms with van der Waals surface area (Å²) in [5, 5.41) is 3.37. The number of halogens is 1. The van der Waals surface area contributed by atoms with Gasteiger partial charge in [-0.15, -0.1) is 0 Å². The van der Waals surface area contributed by atoms with Crippen LogP contribution in [0, 0.1) is 12.7 Å². The Bertz CT molecular complexity index is 1020. The van der Waals surface area contributed by atoms with Crippen molar-refractivity contribution in [3.63, 3.8) is 0 Å². The van der Waals surface area contributed by atoms with Crippen molar-refractivity contribution >= 4 is 28.4 Å². The van der Waals surface area contributed by atoms with Gasteiger partial charge in [0.2, 0.25) is 5.91 Å². The van der Waals surface area contributed by atoms with Crippen molar-refractivity contribution in [2.75, 3.05) is 5.32 Å². The lowest BCUT2D eigenvalue weighted by Gasteiger charge is -2.16. The third-order valence-corrected chi connectivity index (χ3v) is 4.52. The minimum absolute atomic E-state index is 0.237. The summed E-state index contributed by atoms with van der Waals surface area (Å²) in [7, 11) is 0. The minimum atomic E-state index is -0.452. The Morgan fingerprint density at radius 2 is 1.88 bits per heavy atom. The number of hydrogen-bond acceptors (Lipinski definition) is 2. The lowest BCUT2D eigenvalue weighted by molar-refractivity contribution is 0.0941. The van der Waals surface area contributed by atoms with Crippen LogP contribution in [-0.4, -0.2) is 16.4 Å². The molecule has 1 heterocycles.